The molecule has 1 fully saturated rings. The number of rotatable bonds is 4. The fourth-order valence-electron chi connectivity index (χ4n) is 2.70. The van der Waals surface area contributed by atoms with E-state index in [-0.39, 0.29) is 6.10 Å². The average Bonchev–Trinajstić information content (AvgIpc) is 2.94. The molecule has 1 atom stereocenters. The molecule has 2 aromatic rings. The molecular formula is C15H18BrN3O3S2. The molecule has 6 nitrogen and oxygen atoms in total. The zero-order valence-electron chi connectivity index (χ0n) is 13.4. The van der Waals surface area contributed by atoms with E-state index in [4.69, 9.17) is 4.74 Å². The zero-order valence-corrected chi connectivity index (χ0v) is 16.6. The first-order valence-electron chi connectivity index (χ1n) is 7.59. The van der Waals surface area contributed by atoms with Gasteiger partial charge in [0.05, 0.1) is 10.3 Å². The van der Waals surface area contributed by atoms with Crippen molar-refractivity contribution < 1.29 is 13.2 Å². The van der Waals surface area contributed by atoms with Crippen LogP contribution < -0.4 is 4.74 Å². The number of aromatic nitrogens is 2. The van der Waals surface area contributed by atoms with Gasteiger partial charge < -0.3 is 4.74 Å². The molecule has 3 heterocycles. The standard InChI is InChI=1S/C15H18BrN3O3S2/c1-10-8-14(18-11(2)17-10)22-12-4-3-7-19(9-12)24(20,21)15-6-5-13(16)23-15/h5-6,8,12H,3-4,7,9H2,1-2H3/t12-/m0/s1. The number of hydrogen-bond acceptors (Lipinski definition) is 6. The van der Waals surface area contributed by atoms with E-state index in [2.05, 4.69) is 25.9 Å². The summed E-state index contributed by atoms with van der Waals surface area (Å²) in [6.07, 6.45) is 1.37. The van der Waals surface area contributed by atoms with E-state index >= 15 is 0 Å². The van der Waals surface area contributed by atoms with E-state index in [1.807, 2.05) is 13.8 Å². The largest absolute Gasteiger partial charge is 0.473 e. The first-order valence-corrected chi connectivity index (χ1v) is 10.6. The van der Waals surface area contributed by atoms with Gasteiger partial charge in [-0.2, -0.15) is 9.29 Å². The van der Waals surface area contributed by atoms with Crippen LogP contribution in [0.1, 0.15) is 24.4 Å². The Kier molecular flexibility index (Phi) is 5.24. The van der Waals surface area contributed by atoms with Gasteiger partial charge in [0.15, 0.2) is 0 Å². The molecule has 130 valence electrons. The van der Waals surface area contributed by atoms with Crippen molar-refractivity contribution in [2.75, 3.05) is 13.1 Å². The molecule has 0 saturated carbocycles. The predicted molar refractivity (Wildman–Crippen MR) is 95.9 cm³/mol. The Morgan fingerprint density at radius 2 is 2.12 bits per heavy atom. The van der Waals surface area contributed by atoms with Crippen molar-refractivity contribution in [3.8, 4) is 5.88 Å². The summed E-state index contributed by atoms with van der Waals surface area (Å²) in [6.45, 7) is 4.54. The molecule has 0 aliphatic carbocycles. The highest BCUT2D eigenvalue weighted by Gasteiger charge is 2.32. The van der Waals surface area contributed by atoms with Gasteiger partial charge in [0.25, 0.3) is 10.0 Å². The predicted octanol–water partition coefficient (Wildman–Crippen LogP) is 3.15. The van der Waals surface area contributed by atoms with Crippen LogP contribution in [0.3, 0.4) is 0 Å². The summed E-state index contributed by atoms with van der Waals surface area (Å²) in [4.78, 5) is 8.49. The molecule has 0 unspecified atom stereocenters. The van der Waals surface area contributed by atoms with Crippen molar-refractivity contribution in [1.82, 2.24) is 14.3 Å². The number of sulfonamides is 1. The SMILES string of the molecule is Cc1cc(O[C@H]2CCCN(S(=O)(=O)c3ccc(Br)s3)C2)nc(C)n1. The van der Waals surface area contributed by atoms with Crippen LogP contribution in [0.5, 0.6) is 5.88 Å². The van der Waals surface area contributed by atoms with Gasteiger partial charge >= 0.3 is 0 Å². The van der Waals surface area contributed by atoms with Gasteiger partial charge in [-0.05, 0) is 54.8 Å². The van der Waals surface area contributed by atoms with Crippen LogP contribution in [-0.2, 0) is 10.0 Å². The van der Waals surface area contributed by atoms with Gasteiger partial charge in [-0.3, -0.25) is 0 Å². The Morgan fingerprint density at radius 3 is 2.79 bits per heavy atom. The molecule has 2 aromatic heterocycles. The maximum atomic E-state index is 12.7. The molecule has 0 amide bonds. The van der Waals surface area contributed by atoms with E-state index in [1.54, 1.807) is 18.2 Å². The van der Waals surface area contributed by atoms with Crippen LogP contribution in [-0.4, -0.2) is 41.9 Å². The average molecular weight is 432 g/mol. The minimum atomic E-state index is -3.47. The fraction of sp³-hybridized carbons (Fsp3) is 0.467. The van der Waals surface area contributed by atoms with Crippen LogP contribution in [0.15, 0.2) is 26.2 Å². The summed E-state index contributed by atoms with van der Waals surface area (Å²) < 4.78 is 34.1. The summed E-state index contributed by atoms with van der Waals surface area (Å²) in [5.74, 6) is 1.15. The third-order valence-electron chi connectivity index (χ3n) is 3.71. The second kappa shape index (κ2) is 7.07. The molecule has 1 saturated heterocycles. The summed E-state index contributed by atoms with van der Waals surface area (Å²) >= 11 is 4.54. The van der Waals surface area contributed by atoms with Crippen molar-refractivity contribution >= 4 is 37.3 Å². The van der Waals surface area contributed by atoms with Crippen LogP contribution in [0, 0.1) is 13.8 Å². The van der Waals surface area contributed by atoms with Gasteiger partial charge in [0.2, 0.25) is 5.88 Å². The molecule has 24 heavy (non-hydrogen) atoms. The van der Waals surface area contributed by atoms with Gasteiger partial charge in [-0.25, -0.2) is 13.4 Å². The monoisotopic (exact) mass is 431 g/mol. The molecule has 9 heteroatoms. The molecule has 3 rings (SSSR count). The topological polar surface area (TPSA) is 72.4 Å². The highest BCUT2D eigenvalue weighted by atomic mass is 79.9. The van der Waals surface area contributed by atoms with Gasteiger partial charge in [-0.1, -0.05) is 0 Å². The number of aryl methyl sites for hydroxylation is 2. The third kappa shape index (κ3) is 3.96. The quantitative estimate of drug-likeness (QED) is 0.742. The fourth-order valence-corrected chi connectivity index (χ4v) is 6.37. The Bertz CT molecular complexity index is 818. The number of piperidine rings is 1. The van der Waals surface area contributed by atoms with Gasteiger partial charge in [0.1, 0.15) is 16.1 Å². The Labute approximate surface area is 154 Å². The Morgan fingerprint density at radius 1 is 1.33 bits per heavy atom. The number of thiophene rings is 1. The highest BCUT2D eigenvalue weighted by molar-refractivity contribution is 9.11. The Hall–Kier alpha value is -1.03. The van der Waals surface area contributed by atoms with Crippen LogP contribution >= 0.6 is 27.3 Å². The van der Waals surface area contributed by atoms with Crippen LogP contribution in [0.2, 0.25) is 0 Å². The molecule has 0 bridgehead atoms. The van der Waals surface area contributed by atoms with Crippen molar-refractivity contribution in [1.29, 1.82) is 0 Å². The lowest BCUT2D eigenvalue weighted by atomic mass is 10.1. The summed E-state index contributed by atoms with van der Waals surface area (Å²) in [5.41, 5.74) is 0.834. The first-order chi connectivity index (χ1) is 11.3. The van der Waals surface area contributed by atoms with Gasteiger partial charge in [-0.15, -0.1) is 11.3 Å². The molecule has 1 aliphatic heterocycles. The Balaban J connectivity index is 1.74. The molecule has 0 radical (unpaired) electrons. The van der Waals surface area contributed by atoms with E-state index in [9.17, 15) is 8.42 Å². The molecule has 0 spiro atoms. The molecule has 0 aromatic carbocycles. The normalized spacial score (nSPS) is 19.4. The lowest BCUT2D eigenvalue weighted by molar-refractivity contribution is 0.124. The van der Waals surface area contributed by atoms with Crippen LogP contribution in [0.25, 0.3) is 0 Å². The minimum absolute atomic E-state index is 0.203. The summed E-state index contributed by atoms with van der Waals surface area (Å²) in [7, 11) is -3.47. The van der Waals surface area contributed by atoms with Gasteiger partial charge in [0, 0.05) is 18.3 Å². The summed E-state index contributed by atoms with van der Waals surface area (Å²) in [6, 6.07) is 5.16. The molecular weight excluding hydrogens is 414 g/mol. The third-order valence-corrected chi connectivity index (χ3v) is 7.67. The van der Waals surface area contributed by atoms with Crippen molar-refractivity contribution in [2.24, 2.45) is 0 Å². The zero-order chi connectivity index (χ0) is 17.3. The van der Waals surface area contributed by atoms with E-state index in [0.717, 1.165) is 22.3 Å². The maximum absolute atomic E-state index is 12.7. The van der Waals surface area contributed by atoms with Crippen molar-refractivity contribution in [3.63, 3.8) is 0 Å². The van der Waals surface area contributed by atoms with Crippen LogP contribution in [0.4, 0.5) is 0 Å². The number of ether oxygens (including phenoxy) is 1. The van der Waals surface area contributed by atoms with Crippen molar-refractivity contribution in [3.05, 3.63) is 33.5 Å². The second-order valence-corrected chi connectivity index (χ2v) is 10.3. The minimum Gasteiger partial charge on any atom is -0.473 e. The number of nitrogens with zero attached hydrogens (tertiary/aromatic N) is 3. The first kappa shape index (κ1) is 17.8. The molecule has 1 aliphatic rings. The second-order valence-electron chi connectivity index (χ2n) is 5.70. The van der Waals surface area contributed by atoms with E-state index in [1.165, 1.54) is 15.6 Å². The lowest BCUT2D eigenvalue weighted by Gasteiger charge is -2.31. The molecule has 0 N–H and O–H groups in total. The number of hydrogen-bond donors (Lipinski definition) is 0. The smallest absolute Gasteiger partial charge is 0.252 e. The highest BCUT2D eigenvalue weighted by Crippen LogP contribution is 2.30. The van der Waals surface area contributed by atoms with E-state index < -0.39 is 10.0 Å². The number of halogens is 1. The maximum Gasteiger partial charge on any atom is 0.252 e. The van der Waals surface area contributed by atoms with Crippen molar-refractivity contribution in [2.45, 2.75) is 37.0 Å². The lowest BCUT2D eigenvalue weighted by Crippen LogP contribution is -2.44. The summed E-state index contributed by atoms with van der Waals surface area (Å²) in [5, 5.41) is 0. The van der Waals surface area contributed by atoms with E-state index in [0.29, 0.717) is 29.0 Å².